The minimum atomic E-state index is -0.779. The van der Waals surface area contributed by atoms with E-state index in [2.05, 4.69) is 20.1 Å². The van der Waals surface area contributed by atoms with Crippen LogP contribution >= 0.6 is 11.6 Å². The van der Waals surface area contributed by atoms with Crippen LogP contribution in [0.5, 0.6) is 11.8 Å². The summed E-state index contributed by atoms with van der Waals surface area (Å²) in [5, 5.41) is 14.6. The maximum Gasteiger partial charge on any atom is 0.319 e. The van der Waals surface area contributed by atoms with Gasteiger partial charge in [-0.25, -0.2) is 8.78 Å². The van der Waals surface area contributed by atoms with E-state index in [4.69, 9.17) is 21.3 Å². The highest BCUT2D eigenvalue weighted by Crippen LogP contribution is 2.50. The molecular formula is C31H34ClF2N5O2. The van der Waals surface area contributed by atoms with Crippen molar-refractivity contribution >= 4 is 28.3 Å². The fourth-order valence-corrected chi connectivity index (χ4v) is 8.28. The second-order valence-corrected chi connectivity index (χ2v) is 13.0. The summed E-state index contributed by atoms with van der Waals surface area (Å²) in [6.45, 7) is 4.12. The van der Waals surface area contributed by atoms with Crippen LogP contribution in [-0.4, -0.2) is 70.4 Å². The third-order valence-corrected chi connectivity index (χ3v) is 10.4. The first kappa shape index (κ1) is 25.9. The minimum Gasteiger partial charge on any atom is -0.508 e. The van der Waals surface area contributed by atoms with Gasteiger partial charge in [0.1, 0.15) is 29.5 Å². The highest BCUT2D eigenvalue weighted by Gasteiger charge is 2.45. The number of hydrogen-bond donors (Lipinski definition) is 2. The van der Waals surface area contributed by atoms with Gasteiger partial charge in [0.25, 0.3) is 0 Å². The fourth-order valence-electron chi connectivity index (χ4n) is 7.92. The Morgan fingerprint density at radius 2 is 1.88 bits per heavy atom. The van der Waals surface area contributed by atoms with Crippen LogP contribution in [0.3, 0.4) is 0 Å². The Hall–Kier alpha value is -2.75. The molecule has 0 amide bonds. The van der Waals surface area contributed by atoms with Crippen LogP contribution in [0.15, 0.2) is 18.2 Å². The van der Waals surface area contributed by atoms with Gasteiger partial charge in [0.15, 0.2) is 5.82 Å². The number of nitrogens with zero attached hydrogens (tertiary/aromatic N) is 4. The van der Waals surface area contributed by atoms with E-state index in [0.29, 0.717) is 41.0 Å². The first-order chi connectivity index (χ1) is 19.9. The molecule has 2 atom stereocenters. The van der Waals surface area contributed by atoms with Crippen molar-refractivity contribution in [2.75, 3.05) is 37.7 Å². The standard InChI is InChI=1S/C31H34ClF2N5O2/c32-23-12-20(40)11-21(25(23)17-3-4-17)26-24(33)13-22-28(27(26)34)36-30(41-16-31-7-1-9-38(31)10-2-8-31)37-29(22)39-15-18-5-6-19(39)14-35-18/h11-13,17-19,35,40H,1-10,14-16H2/t18-,19?/m0/s1. The van der Waals surface area contributed by atoms with Gasteiger partial charge < -0.3 is 20.1 Å². The second kappa shape index (κ2) is 9.64. The lowest BCUT2D eigenvalue weighted by Crippen LogP contribution is -2.61. The lowest BCUT2D eigenvalue weighted by molar-refractivity contribution is 0.107. The number of ether oxygens (including phenoxy) is 1. The van der Waals surface area contributed by atoms with Crippen LogP contribution in [0, 0.1) is 11.6 Å². The molecule has 6 fully saturated rings. The summed E-state index contributed by atoms with van der Waals surface area (Å²) in [7, 11) is 0. The molecule has 1 aliphatic carbocycles. The number of piperidine rings is 2. The molecule has 7 nitrogen and oxygen atoms in total. The van der Waals surface area contributed by atoms with Crippen molar-refractivity contribution in [3.05, 3.63) is 40.4 Å². The summed E-state index contributed by atoms with van der Waals surface area (Å²) in [4.78, 5) is 14.1. The molecule has 5 aliphatic heterocycles. The zero-order chi connectivity index (χ0) is 27.9. The van der Waals surface area contributed by atoms with E-state index in [1.54, 1.807) is 0 Å². The molecule has 41 heavy (non-hydrogen) atoms. The number of piperazine rings is 1. The van der Waals surface area contributed by atoms with Gasteiger partial charge in [0.2, 0.25) is 0 Å². The fraction of sp³-hybridized carbons (Fsp3) is 0.548. The van der Waals surface area contributed by atoms with Gasteiger partial charge in [0.05, 0.1) is 11.1 Å². The Bertz CT molecular complexity index is 1530. The van der Waals surface area contributed by atoms with Gasteiger partial charge in [-0.15, -0.1) is 0 Å². The van der Waals surface area contributed by atoms with Gasteiger partial charge in [-0.2, -0.15) is 9.97 Å². The molecule has 216 valence electrons. The topological polar surface area (TPSA) is 73.8 Å². The number of aromatic hydroxyl groups is 1. The van der Waals surface area contributed by atoms with Crippen molar-refractivity contribution < 1.29 is 18.6 Å². The van der Waals surface area contributed by atoms with Gasteiger partial charge in [-0.3, -0.25) is 4.90 Å². The maximum atomic E-state index is 16.7. The van der Waals surface area contributed by atoms with Crippen LogP contribution in [0.4, 0.5) is 14.6 Å². The Balaban J connectivity index is 1.28. The van der Waals surface area contributed by atoms with Gasteiger partial charge in [-0.1, -0.05) is 11.6 Å². The zero-order valence-corrected chi connectivity index (χ0v) is 23.7. The first-order valence-electron chi connectivity index (χ1n) is 15.0. The van der Waals surface area contributed by atoms with E-state index in [1.807, 2.05) is 0 Å². The number of rotatable bonds is 6. The van der Waals surface area contributed by atoms with Crippen molar-refractivity contribution in [3.63, 3.8) is 0 Å². The number of fused-ring (bicyclic) bond motifs is 5. The van der Waals surface area contributed by atoms with Crippen LogP contribution in [0.2, 0.25) is 5.02 Å². The SMILES string of the molecule is Oc1cc(Cl)c(C2CC2)c(-c2c(F)cc3c(N4C[C@@H]5CCC4CN5)nc(OCC45CCCN4CCC5)nc3c2F)c1. The lowest BCUT2D eigenvalue weighted by atomic mass is 9.92. The molecule has 3 aromatic rings. The molecule has 1 unspecified atom stereocenters. The number of benzene rings is 2. The highest BCUT2D eigenvalue weighted by molar-refractivity contribution is 6.32. The maximum absolute atomic E-state index is 16.7. The normalized spacial score (nSPS) is 25.3. The van der Waals surface area contributed by atoms with Crippen molar-refractivity contribution in [1.82, 2.24) is 20.2 Å². The molecule has 6 heterocycles. The number of hydrogen-bond acceptors (Lipinski definition) is 7. The molecule has 5 saturated heterocycles. The summed E-state index contributed by atoms with van der Waals surface area (Å²) in [5.41, 5.74) is 0.754. The summed E-state index contributed by atoms with van der Waals surface area (Å²) in [6, 6.07) is 4.82. The van der Waals surface area contributed by atoms with E-state index in [-0.39, 0.29) is 45.9 Å². The predicted molar refractivity (Wildman–Crippen MR) is 154 cm³/mol. The Kier molecular flexibility index (Phi) is 6.10. The van der Waals surface area contributed by atoms with Gasteiger partial charge in [0, 0.05) is 35.6 Å². The predicted octanol–water partition coefficient (Wildman–Crippen LogP) is 5.76. The lowest BCUT2D eigenvalue weighted by Gasteiger charge is -2.46. The molecular weight excluding hydrogens is 548 g/mol. The third kappa shape index (κ3) is 4.26. The number of phenols is 1. The Labute approximate surface area is 242 Å². The van der Waals surface area contributed by atoms with Crippen molar-refractivity contribution in [1.29, 1.82) is 0 Å². The average Bonchev–Trinajstić information content (AvgIpc) is 3.59. The average molecular weight is 582 g/mol. The van der Waals surface area contributed by atoms with Crippen LogP contribution < -0.4 is 15.0 Å². The van der Waals surface area contributed by atoms with Crippen molar-refractivity contribution in [3.8, 4) is 22.9 Å². The molecule has 0 radical (unpaired) electrons. The van der Waals surface area contributed by atoms with Crippen molar-refractivity contribution in [2.45, 2.75) is 74.9 Å². The zero-order valence-electron chi connectivity index (χ0n) is 22.9. The number of nitrogens with one attached hydrogen (secondary N) is 1. The smallest absolute Gasteiger partial charge is 0.319 e. The number of anilines is 1. The summed E-state index contributed by atoms with van der Waals surface area (Å²) < 4.78 is 39.0. The molecule has 1 saturated carbocycles. The highest BCUT2D eigenvalue weighted by atomic mass is 35.5. The number of phenolic OH excluding ortho intramolecular Hbond substituents is 1. The quantitative estimate of drug-likeness (QED) is 0.383. The molecule has 0 spiro atoms. The molecule has 10 heteroatoms. The molecule has 2 bridgehead atoms. The monoisotopic (exact) mass is 581 g/mol. The minimum absolute atomic E-state index is 0.0173. The molecule has 1 aromatic heterocycles. The van der Waals surface area contributed by atoms with E-state index < -0.39 is 11.6 Å². The Morgan fingerprint density at radius 1 is 1.07 bits per heavy atom. The third-order valence-electron chi connectivity index (χ3n) is 10.1. The van der Waals surface area contributed by atoms with Gasteiger partial charge in [-0.05, 0) is 99.7 Å². The van der Waals surface area contributed by atoms with Crippen LogP contribution in [0.25, 0.3) is 22.0 Å². The summed E-state index contributed by atoms with van der Waals surface area (Å²) in [5.74, 6) is -0.991. The molecule has 2 aromatic carbocycles. The van der Waals surface area contributed by atoms with Crippen LogP contribution in [0.1, 0.15) is 62.8 Å². The largest absolute Gasteiger partial charge is 0.508 e. The van der Waals surface area contributed by atoms with Crippen molar-refractivity contribution in [2.24, 2.45) is 0 Å². The number of aromatic nitrogens is 2. The Morgan fingerprint density at radius 3 is 2.56 bits per heavy atom. The van der Waals surface area contributed by atoms with E-state index >= 15 is 8.78 Å². The first-order valence-corrected chi connectivity index (χ1v) is 15.4. The van der Waals surface area contributed by atoms with Gasteiger partial charge >= 0.3 is 6.01 Å². The van der Waals surface area contributed by atoms with E-state index in [9.17, 15) is 5.11 Å². The second-order valence-electron chi connectivity index (χ2n) is 12.6. The molecule has 2 N–H and O–H groups in total. The van der Waals surface area contributed by atoms with E-state index in [0.717, 1.165) is 71.0 Å². The van der Waals surface area contributed by atoms with E-state index in [1.165, 1.54) is 18.2 Å². The molecule has 6 aliphatic rings. The summed E-state index contributed by atoms with van der Waals surface area (Å²) in [6.07, 6.45) is 8.27. The van der Waals surface area contributed by atoms with Crippen LogP contribution in [-0.2, 0) is 0 Å². The molecule has 9 rings (SSSR count). The summed E-state index contributed by atoms with van der Waals surface area (Å²) >= 11 is 6.51. The number of halogens is 3.